The van der Waals surface area contributed by atoms with Crippen LogP contribution in [-0.4, -0.2) is 24.8 Å². The highest BCUT2D eigenvalue weighted by Crippen LogP contribution is 2.19. The first kappa shape index (κ1) is 15.3. The molecule has 2 aromatic rings. The van der Waals surface area contributed by atoms with Crippen molar-refractivity contribution in [3.05, 3.63) is 45.8 Å². The first-order chi connectivity index (χ1) is 10.7. The summed E-state index contributed by atoms with van der Waals surface area (Å²) in [4.78, 5) is 13.3. The molecule has 0 amide bonds. The van der Waals surface area contributed by atoms with Crippen LogP contribution in [0.25, 0.3) is 11.0 Å². The molecular weight excluding hydrogens is 278 g/mol. The number of rotatable bonds is 4. The van der Waals surface area contributed by atoms with E-state index in [9.17, 15) is 9.90 Å². The van der Waals surface area contributed by atoms with E-state index in [0.29, 0.717) is 11.5 Å². The fourth-order valence-corrected chi connectivity index (χ4v) is 3.48. The van der Waals surface area contributed by atoms with E-state index >= 15 is 0 Å². The summed E-state index contributed by atoms with van der Waals surface area (Å²) in [5.74, 6) is 0.391. The van der Waals surface area contributed by atoms with Gasteiger partial charge in [-0.05, 0) is 30.9 Å². The average molecular weight is 302 g/mol. The van der Waals surface area contributed by atoms with E-state index in [1.54, 1.807) is 6.07 Å². The highest BCUT2D eigenvalue weighted by atomic mass is 16.4. The Morgan fingerprint density at radius 3 is 3.00 bits per heavy atom. The molecule has 1 fully saturated rings. The van der Waals surface area contributed by atoms with Gasteiger partial charge < -0.3 is 14.4 Å². The van der Waals surface area contributed by atoms with E-state index in [0.717, 1.165) is 49.8 Å². The van der Waals surface area contributed by atoms with Crippen molar-refractivity contribution in [1.82, 2.24) is 0 Å². The van der Waals surface area contributed by atoms with Gasteiger partial charge in [0.05, 0.1) is 19.7 Å². The molecule has 0 saturated carbocycles. The van der Waals surface area contributed by atoms with Gasteiger partial charge in [0.15, 0.2) is 0 Å². The van der Waals surface area contributed by atoms with Crippen molar-refractivity contribution in [3.63, 3.8) is 0 Å². The number of likely N-dealkylation sites (tertiary alicyclic amines) is 1. The van der Waals surface area contributed by atoms with E-state index < -0.39 is 0 Å². The Bertz CT molecular complexity index is 707. The SMILES string of the molecule is CCc1ccc2c(C[NH+]3CCC[C@@H](CO)C3)cc(=O)oc2c1. The normalized spacial score (nSPS) is 22.1. The highest BCUT2D eigenvalue weighted by Gasteiger charge is 2.23. The number of quaternary nitrogens is 1. The average Bonchev–Trinajstić information content (AvgIpc) is 2.54. The predicted octanol–water partition coefficient (Wildman–Crippen LogP) is 1.14. The number of piperidine rings is 1. The minimum absolute atomic E-state index is 0.265. The molecule has 22 heavy (non-hydrogen) atoms. The van der Waals surface area contributed by atoms with Crippen LogP contribution in [0.3, 0.4) is 0 Å². The van der Waals surface area contributed by atoms with Crippen molar-refractivity contribution in [1.29, 1.82) is 0 Å². The molecule has 1 aromatic heterocycles. The van der Waals surface area contributed by atoms with Crippen molar-refractivity contribution in [3.8, 4) is 0 Å². The lowest BCUT2D eigenvalue weighted by atomic mass is 9.98. The molecule has 0 bridgehead atoms. The van der Waals surface area contributed by atoms with Gasteiger partial charge >= 0.3 is 5.63 Å². The maximum atomic E-state index is 11.9. The van der Waals surface area contributed by atoms with E-state index in [1.807, 2.05) is 6.07 Å². The number of hydrogen-bond acceptors (Lipinski definition) is 3. The van der Waals surface area contributed by atoms with Crippen LogP contribution in [-0.2, 0) is 13.0 Å². The van der Waals surface area contributed by atoms with Gasteiger partial charge in [-0.25, -0.2) is 4.79 Å². The van der Waals surface area contributed by atoms with Crippen LogP contribution >= 0.6 is 0 Å². The van der Waals surface area contributed by atoms with Gasteiger partial charge in [-0.2, -0.15) is 0 Å². The molecule has 4 nitrogen and oxygen atoms in total. The van der Waals surface area contributed by atoms with Crippen LogP contribution < -0.4 is 10.5 Å². The largest absolute Gasteiger partial charge is 0.423 e. The zero-order valence-electron chi connectivity index (χ0n) is 13.1. The quantitative estimate of drug-likeness (QED) is 0.833. The third-order valence-electron chi connectivity index (χ3n) is 4.72. The highest BCUT2D eigenvalue weighted by molar-refractivity contribution is 5.80. The molecule has 1 aromatic carbocycles. The third kappa shape index (κ3) is 3.23. The second-order valence-electron chi connectivity index (χ2n) is 6.35. The smallest absolute Gasteiger partial charge is 0.336 e. The molecule has 1 aliphatic heterocycles. The Morgan fingerprint density at radius 1 is 1.36 bits per heavy atom. The summed E-state index contributed by atoms with van der Waals surface area (Å²) < 4.78 is 5.37. The van der Waals surface area contributed by atoms with E-state index in [1.165, 1.54) is 10.5 Å². The second kappa shape index (κ2) is 6.63. The number of nitrogens with one attached hydrogen (secondary N) is 1. The van der Waals surface area contributed by atoms with Crippen molar-refractivity contribution < 1.29 is 14.4 Å². The van der Waals surface area contributed by atoms with Gasteiger partial charge in [-0.15, -0.1) is 0 Å². The van der Waals surface area contributed by atoms with Crippen LogP contribution in [0.4, 0.5) is 0 Å². The van der Waals surface area contributed by atoms with Gasteiger partial charge in [0, 0.05) is 22.9 Å². The molecule has 2 atom stereocenters. The minimum atomic E-state index is -0.272. The van der Waals surface area contributed by atoms with Crippen LogP contribution in [0, 0.1) is 5.92 Å². The molecular formula is C18H24NO3+. The van der Waals surface area contributed by atoms with E-state index in [-0.39, 0.29) is 12.2 Å². The summed E-state index contributed by atoms with van der Waals surface area (Å²) in [5, 5.41) is 10.4. The minimum Gasteiger partial charge on any atom is -0.423 e. The number of aliphatic hydroxyl groups excluding tert-OH is 1. The number of fused-ring (bicyclic) bond motifs is 1. The molecule has 4 heteroatoms. The maximum absolute atomic E-state index is 11.9. The Kier molecular flexibility index (Phi) is 4.60. The first-order valence-corrected chi connectivity index (χ1v) is 8.19. The number of aryl methyl sites for hydroxylation is 1. The fraction of sp³-hybridized carbons (Fsp3) is 0.500. The number of hydrogen-bond donors (Lipinski definition) is 2. The monoisotopic (exact) mass is 302 g/mol. The molecule has 0 spiro atoms. The van der Waals surface area contributed by atoms with E-state index in [4.69, 9.17) is 4.42 Å². The Balaban J connectivity index is 1.91. The van der Waals surface area contributed by atoms with Crippen molar-refractivity contribution in [2.24, 2.45) is 5.92 Å². The summed E-state index contributed by atoms with van der Waals surface area (Å²) in [7, 11) is 0. The van der Waals surface area contributed by atoms with Crippen LogP contribution in [0.15, 0.2) is 33.5 Å². The van der Waals surface area contributed by atoms with Crippen LogP contribution in [0.2, 0.25) is 0 Å². The Hall–Kier alpha value is -1.65. The first-order valence-electron chi connectivity index (χ1n) is 8.19. The second-order valence-corrected chi connectivity index (χ2v) is 6.35. The zero-order chi connectivity index (χ0) is 15.5. The molecule has 2 N–H and O–H groups in total. The summed E-state index contributed by atoms with van der Waals surface area (Å²) in [6, 6.07) is 7.78. The molecule has 1 aliphatic rings. The van der Waals surface area contributed by atoms with Gasteiger partial charge in [0.25, 0.3) is 0 Å². The van der Waals surface area contributed by atoms with Crippen LogP contribution in [0.5, 0.6) is 0 Å². The maximum Gasteiger partial charge on any atom is 0.336 e. The lowest BCUT2D eigenvalue weighted by Crippen LogP contribution is -3.12. The van der Waals surface area contributed by atoms with Crippen molar-refractivity contribution >= 4 is 11.0 Å². The molecule has 118 valence electrons. The van der Waals surface area contributed by atoms with E-state index in [2.05, 4.69) is 19.1 Å². The Morgan fingerprint density at radius 2 is 2.23 bits per heavy atom. The molecule has 0 radical (unpaired) electrons. The predicted molar refractivity (Wildman–Crippen MR) is 86.1 cm³/mol. The topological polar surface area (TPSA) is 54.9 Å². The standard InChI is InChI=1S/C18H23NO3/c1-2-13-5-6-16-15(9-18(21)22-17(16)8-13)11-19-7-3-4-14(10-19)12-20/h5-6,8-9,14,20H,2-4,7,10-12H2,1H3/p+1/t14-/m1/s1. The van der Waals surface area contributed by atoms with Gasteiger partial charge in [0.2, 0.25) is 0 Å². The Labute approximate surface area is 130 Å². The fourth-order valence-electron chi connectivity index (χ4n) is 3.48. The molecule has 0 aliphatic carbocycles. The van der Waals surface area contributed by atoms with Gasteiger partial charge in [-0.3, -0.25) is 0 Å². The molecule has 3 rings (SSSR count). The van der Waals surface area contributed by atoms with Crippen LogP contribution in [0.1, 0.15) is 30.9 Å². The van der Waals surface area contributed by atoms with Gasteiger partial charge in [0.1, 0.15) is 12.1 Å². The summed E-state index contributed by atoms with van der Waals surface area (Å²) in [5.41, 5.74) is 2.66. The summed E-state index contributed by atoms with van der Waals surface area (Å²) >= 11 is 0. The third-order valence-corrected chi connectivity index (χ3v) is 4.72. The molecule has 2 heterocycles. The number of aliphatic hydroxyl groups is 1. The van der Waals surface area contributed by atoms with Crippen molar-refractivity contribution in [2.75, 3.05) is 19.7 Å². The van der Waals surface area contributed by atoms with Gasteiger partial charge in [-0.1, -0.05) is 19.1 Å². The number of benzene rings is 1. The summed E-state index contributed by atoms with van der Waals surface area (Å²) in [6.07, 6.45) is 3.18. The molecule has 1 saturated heterocycles. The van der Waals surface area contributed by atoms with Crippen molar-refractivity contribution in [2.45, 2.75) is 32.7 Å². The lowest BCUT2D eigenvalue weighted by Gasteiger charge is -2.29. The zero-order valence-corrected chi connectivity index (χ0v) is 13.1. The summed E-state index contributed by atoms with van der Waals surface area (Å²) in [6.45, 7) is 5.26. The lowest BCUT2D eigenvalue weighted by molar-refractivity contribution is -0.922. The molecule has 1 unspecified atom stereocenters.